The van der Waals surface area contributed by atoms with Crippen LogP contribution in [0.5, 0.6) is 0 Å². The molecule has 0 aliphatic carbocycles. The van der Waals surface area contributed by atoms with Gasteiger partial charge in [-0.15, -0.1) is 0 Å². The van der Waals surface area contributed by atoms with Gasteiger partial charge in [0.05, 0.1) is 33.8 Å². The molecular weight excluding hydrogens is 976 g/mol. The lowest BCUT2D eigenvalue weighted by molar-refractivity contribution is -0.870. The van der Waals surface area contributed by atoms with E-state index in [9.17, 15) is 19.0 Å². The third-order valence-electron chi connectivity index (χ3n) is 13.9. The number of amides is 1. The average molecular weight is 1100 g/mol. The van der Waals surface area contributed by atoms with Crippen molar-refractivity contribution < 1.29 is 37.3 Å². The number of unbranched alkanes of at least 4 members (excludes halogenated alkanes) is 29. The molecule has 9 nitrogen and oxygen atoms in total. The largest absolute Gasteiger partial charge is 0.756 e. The third-order valence-corrected chi connectivity index (χ3v) is 14.8. The molecule has 0 saturated heterocycles. The number of allylic oxidation sites excluding steroid dienone is 13. The average Bonchev–Trinajstić information content (AvgIpc) is 3.39. The van der Waals surface area contributed by atoms with Crippen LogP contribution in [-0.4, -0.2) is 69.4 Å². The van der Waals surface area contributed by atoms with Crippen molar-refractivity contribution in [1.29, 1.82) is 0 Å². The summed E-state index contributed by atoms with van der Waals surface area (Å²) in [6, 6.07) is -0.921. The van der Waals surface area contributed by atoms with Gasteiger partial charge in [0.2, 0.25) is 5.91 Å². The van der Waals surface area contributed by atoms with E-state index >= 15 is 0 Å². The summed E-state index contributed by atoms with van der Waals surface area (Å²) in [5.74, 6) is -0.633. The van der Waals surface area contributed by atoms with Gasteiger partial charge in [-0.05, 0) is 70.3 Å². The molecule has 0 aromatic rings. The molecule has 3 unspecified atom stereocenters. The summed E-state index contributed by atoms with van der Waals surface area (Å²) in [5, 5.41) is 3.01. The van der Waals surface area contributed by atoms with E-state index in [2.05, 4.69) is 92.9 Å². The molecule has 0 aliphatic heterocycles. The van der Waals surface area contributed by atoms with Crippen LogP contribution in [0.3, 0.4) is 0 Å². The number of phosphoric ester groups is 1. The molecule has 0 heterocycles. The van der Waals surface area contributed by atoms with Crippen LogP contribution in [0.1, 0.15) is 278 Å². The first kappa shape index (κ1) is 74.2. The van der Waals surface area contributed by atoms with Gasteiger partial charge < -0.3 is 28.5 Å². The van der Waals surface area contributed by atoms with Gasteiger partial charge in [-0.3, -0.25) is 14.2 Å². The van der Waals surface area contributed by atoms with E-state index in [-0.39, 0.29) is 18.9 Å². The predicted molar refractivity (Wildman–Crippen MR) is 330 cm³/mol. The highest BCUT2D eigenvalue weighted by Gasteiger charge is 2.27. The second kappa shape index (κ2) is 56.5. The standard InChI is InChI=1S/C67H121N2O7P/c1-7-10-13-16-19-22-25-28-30-32-34-36-38-41-44-47-50-53-56-59-66(70)68-64(63-75-77(72,73)74-62-61-69(4,5)6)65(58-55-52-49-46-43-40-27-24-21-18-15-12-9-3)76-67(71)60-57-54-51-48-45-42-39-37-35-33-31-29-26-23-20-17-14-11-8-2/h11,14,20,23,29,31,35,37,42,45,51,54-55,58,64-65H,7-10,12-13,15-19,21-22,24-28,30,32-34,36,38-41,43-44,46-50,52-53,56-57,59-63H2,1-6H3,(H-,68,70,72,73)/b14-11-,23-20-,31-29-,37-35-,45-42-,54-51-,58-55+. The van der Waals surface area contributed by atoms with E-state index in [0.717, 1.165) is 77.0 Å². The van der Waals surface area contributed by atoms with Gasteiger partial charge in [-0.2, -0.15) is 0 Å². The highest BCUT2D eigenvalue weighted by atomic mass is 31.2. The fraction of sp³-hybridized carbons (Fsp3) is 0.761. The topological polar surface area (TPSA) is 114 Å². The third kappa shape index (κ3) is 57.7. The molecule has 0 rings (SSSR count). The summed E-state index contributed by atoms with van der Waals surface area (Å²) in [7, 11) is 1.15. The van der Waals surface area contributed by atoms with Crippen molar-refractivity contribution >= 4 is 19.7 Å². The van der Waals surface area contributed by atoms with Gasteiger partial charge in [0.25, 0.3) is 7.82 Å². The fourth-order valence-electron chi connectivity index (χ4n) is 8.96. The lowest BCUT2D eigenvalue weighted by Crippen LogP contribution is -2.47. The molecule has 0 bridgehead atoms. The normalized spacial score (nSPS) is 14.2. The maximum atomic E-state index is 13.5. The SMILES string of the molecule is CC/C=C\C/C=C\C/C=C\C/C=C\C/C=C\C/C=C\CCC(=O)OC(/C=C/CCCCCCCCCCCCC)C(COP(=O)([O-])OCC[N+](C)(C)C)NC(=O)CCCCCCCCCCCCCCCCCCCCC. The molecular formula is C67H121N2O7P. The first-order chi connectivity index (χ1) is 37.4. The van der Waals surface area contributed by atoms with Gasteiger partial charge in [-0.25, -0.2) is 0 Å². The van der Waals surface area contributed by atoms with Crippen LogP contribution in [0.4, 0.5) is 0 Å². The number of carbonyl (C=O) groups is 2. The van der Waals surface area contributed by atoms with E-state index in [4.69, 9.17) is 13.8 Å². The van der Waals surface area contributed by atoms with Gasteiger partial charge in [0.1, 0.15) is 19.3 Å². The van der Waals surface area contributed by atoms with E-state index in [1.807, 2.05) is 39.4 Å². The van der Waals surface area contributed by atoms with Gasteiger partial charge in [0.15, 0.2) is 0 Å². The molecule has 0 radical (unpaired) electrons. The first-order valence-corrected chi connectivity index (χ1v) is 33.4. The minimum Gasteiger partial charge on any atom is -0.756 e. The molecule has 10 heteroatoms. The van der Waals surface area contributed by atoms with Crippen LogP contribution in [0.15, 0.2) is 85.1 Å². The van der Waals surface area contributed by atoms with E-state index in [0.29, 0.717) is 23.9 Å². The van der Waals surface area contributed by atoms with Crippen LogP contribution in [0, 0.1) is 0 Å². The number of carbonyl (C=O) groups excluding carboxylic acids is 2. The Kier molecular flexibility index (Phi) is 54.4. The summed E-state index contributed by atoms with van der Waals surface area (Å²) < 4.78 is 30.3. The number of quaternary nitrogens is 1. The van der Waals surface area contributed by atoms with E-state index in [1.165, 1.54) is 161 Å². The highest BCUT2D eigenvalue weighted by Crippen LogP contribution is 2.38. The molecule has 0 fully saturated rings. The lowest BCUT2D eigenvalue weighted by atomic mass is 10.0. The molecule has 446 valence electrons. The minimum absolute atomic E-state index is 0.0351. The number of hydrogen-bond donors (Lipinski definition) is 1. The summed E-state index contributed by atoms with van der Waals surface area (Å²) in [6.07, 6.45) is 74.2. The summed E-state index contributed by atoms with van der Waals surface area (Å²) >= 11 is 0. The molecule has 0 aromatic carbocycles. The molecule has 0 aromatic heterocycles. The Hall–Kier alpha value is -2.81. The quantitative estimate of drug-likeness (QED) is 0.0212. The number of esters is 1. The van der Waals surface area contributed by atoms with Crippen molar-refractivity contribution in [2.45, 2.75) is 290 Å². The molecule has 0 aliphatic rings. The van der Waals surface area contributed by atoms with Gasteiger partial charge >= 0.3 is 5.97 Å². The number of nitrogens with one attached hydrogen (secondary N) is 1. The van der Waals surface area contributed by atoms with Gasteiger partial charge in [-0.1, -0.05) is 280 Å². The van der Waals surface area contributed by atoms with Crippen LogP contribution in [0.25, 0.3) is 0 Å². The number of hydrogen-bond acceptors (Lipinski definition) is 7. The van der Waals surface area contributed by atoms with Crippen LogP contribution in [0.2, 0.25) is 0 Å². The highest BCUT2D eigenvalue weighted by molar-refractivity contribution is 7.45. The van der Waals surface area contributed by atoms with Crippen molar-refractivity contribution in [3.05, 3.63) is 85.1 Å². The number of nitrogens with zero attached hydrogens (tertiary/aromatic N) is 1. The van der Waals surface area contributed by atoms with Crippen molar-refractivity contribution in [1.82, 2.24) is 5.32 Å². The Morgan fingerprint density at radius 2 is 0.844 bits per heavy atom. The number of likely N-dealkylation sites (N-methyl/N-ethyl adjacent to an activating group) is 1. The lowest BCUT2D eigenvalue weighted by Gasteiger charge is -2.30. The Bertz CT molecular complexity index is 1590. The zero-order chi connectivity index (χ0) is 56.4. The predicted octanol–water partition coefficient (Wildman–Crippen LogP) is 19.1. The Balaban J connectivity index is 5.36. The molecule has 1 N–H and O–H groups in total. The summed E-state index contributed by atoms with van der Waals surface area (Å²) in [6.45, 7) is 6.70. The number of ether oxygens (including phenoxy) is 1. The monoisotopic (exact) mass is 1100 g/mol. The Labute approximate surface area is 476 Å². The Morgan fingerprint density at radius 1 is 0.468 bits per heavy atom. The second-order valence-corrected chi connectivity index (χ2v) is 23.9. The van der Waals surface area contributed by atoms with E-state index in [1.54, 1.807) is 0 Å². The minimum atomic E-state index is -4.72. The Morgan fingerprint density at radius 3 is 1.25 bits per heavy atom. The summed E-state index contributed by atoms with van der Waals surface area (Å²) in [4.78, 5) is 40.0. The molecule has 0 spiro atoms. The molecule has 1 amide bonds. The maximum absolute atomic E-state index is 13.5. The molecule has 77 heavy (non-hydrogen) atoms. The number of phosphoric acid groups is 1. The second-order valence-electron chi connectivity index (χ2n) is 22.5. The van der Waals surface area contributed by atoms with Crippen molar-refractivity contribution in [3.63, 3.8) is 0 Å². The van der Waals surface area contributed by atoms with Crippen molar-refractivity contribution in [3.8, 4) is 0 Å². The first-order valence-electron chi connectivity index (χ1n) is 31.9. The van der Waals surface area contributed by atoms with E-state index < -0.39 is 32.5 Å². The number of rotatable bonds is 57. The molecule has 3 atom stereocenters. The van der Waals surface area contributed by atoms with Gasteiger partial charge in [0, 0.05) is 12.8 Å². The van der Waals surface area contributed by atoms with Crippen molar-refractivity contribution in [2.75, 3.05) is 40.9 Å². The smallest absolute Gasteiger partial charge is 0.306 e. The van der Waals surface area contributed by atoms with Crippen molar-refractivity contribution in [2.24, 2.45) is 0 Å². The van der Waals surface area contributed by atoms with Crippen LogP contribution < -0.4 is 10.2 Å². The zero-order valence-corrected chi connectivity index (χ0v) is 51.8. The summed E-state index contributed by atoms with van der Waals surface area (Å²) in [5.41, 5.74) is 0. The zero-order valence-electron chi connectivity index (χ0n) is 50.9. The maximum Gasteiger partial charge on any atom is 0.306 e. The van der Waals surface area contributed by atoms with Crippen LogP contribution >= 0.6 is 7.82 Å². The van der Waals surface area contributed by atoms with Crippen LogP contribution in [-0.2, 0) is 27.9 Å². The fourth-order valence-corrected chi connectivity index (χ4v) is 9.68. The molecule has 0 saturated carbocycles.